The van der Waals surface area contributed by atoms with Gasteiger partial charge in [-0.25, -0.2) is 0 Å². The smallest absolute Gasteiger partial charge is 0.245 e. The average molecular weight is 449 g/mol. The normalized spacial score (nSPS) is 29.1. The SMILES string of the molecule is CC(C)[C@@H](NC(=O)[C@H]1C[C@H](C)[C@@H](O)C1)C(=O)N1CCC(c2ccc(Cl)cc2)C(C)(C)C1. The van der Waals surface area contributed by atoms with E-state index in [0.29, 0.717) is 31.8 Å². The lowest BCUT2D eigenvalue weighted by Crippen LogP contribution is -2.56. The van der Waals surface area contributed by atoms with Gasteiger partial charge in [0.25, 0.3) is 0 Å². The highest BCUT2D eigenvalue weighted by atomic mass is 35.5. The van der Waals surface area contributed by atoms with Crippen LogP contribution in [0.2, 0.25) is 5.02 Å². The van der Waals surface area contributed by atoms with Crippen LogP contribution in [-0.2, 0) is 9.59 Å². The molecule has 1 saturated carbocycles. The van der Waals surface area contributed by atoms with Gasteiger partial charge in [-0.2, -0.15) is 0 Å². The van der Waals surface area contributed by atoms with Crippen LogP contribution in [0.5, 0.6) is 0 Å². The molecule has 0 aromatic heterocycles. The number of aliphatic hydroxyl groups is 1. The maximum absolute atomic E-state index is 13.4. The van der Waals surface area contributed by atoms with E-state index in [-0.39, 0.29) is 35.0 Å². The summed E-state index contributed by atoms with van der Waals surface area (Å²) in [5.41, 5.74) is 1.17. The number of benzene rings is 1. The summed E-state index contributed by atoms with van der Waals surface area (Å²) in [4.78, 5) is 28.2. The van der Waals surface area contributed by atoms with Crippen LogP contribution in [0.4, 0.5) is 0 Å². The van der Waals surface area contributed by atoms with E-state index in [9.17, 15) is 14.7 Å². The quantitative estimate of drug-likeness (QED) is 0.708. The third kappa shape index (κ3) is 5.43. The van der Waals surface area contributed by atoms with Crippen molar-refractivity contribution in [2.75, 3.05) is 13.1 Å². The van der Waals surface area contributed by atoms with Gasteiger partial charge in [0.05, 0.1) is 6.10 Å². The molecule has 1 heterocycles. The highest BCUT2D eigenvalue weighted by molar-refractivity contribution is 6.30. The van der Waals surface area contributed by atoms with Gasteiger partial charge >= 0.3 is 0 Å². The Labute approximate surface area is 191 Å². The molecule has 0 radical (unpaired) electrons. The van der Waals surface area contributed by atoms with Crippen molar-refractivity contribution in [2.24, 2.45) is 23.2 Å². The Morgan fingerprint density at radius 3 is 2.35 bits per heavy atom. The molecule has 1 aromatic rings. The van der Waals surface area contributed by atoms with Crippen molar-refractivity contribution < 1.29 is 14.7 Å². The first-order valence-corrected chi connectivity index (χ1v) is 11.9. The van der Waals surface area contributed by atoms with Crippen LogP contribution < -0.4 is 5.32 Å². The monoisotopic (exact) mass is 448 g/mol. The molecule has 3 rings (SSSR count). The number of hydrogen-bond donors (Lipinski definition) is 2. The highest BCUT2D eigenvalue weighted by Gasteiger charge is 2.41. The van der Waals surface area contributed by atoms with E-state index in [4.69, 9.17) is 11.6 Å². The molecule has 2 fully saturated rings. The standard InChI is InChI=1S/C25H37ClN2O3/c1-15(2)22(27-23(30)18-12-16(3)21(29)13-18)24(31)28-11-10-20(25(4,5)14-28)17-6-8-19(26)9-7-17/h6-9,15-16,18,20-22,29H,10-14H2,1-5H3,(H,27,30)/t16-,18-,20?,21-,22+/m0/s1. The molecule has 6 heteroatoms. The van der Waals surface area contributed by atoms with Crippen molar-refractivity contribution in [1.82, 2.24) is 10.2 Å². The molecule has 1 saturated heterocycles. The molecule has 5 atom stereocenters. The lowest BCUT2D eigenvalue weighted by Gasteiger charge is -2.46. The number of carbonyl (C=O) groups is 2. The van der Waals surface area contributed by atoms with Gasteiger partial charge in [-0.1, -0.05) is 58.4 Å². The summed E-state index contributed by atoms with van der Waals surface area (Å²) < 4.78 is 0. The molecule has 0 spiro atoms. The first-order chi connectivity index (χ1) is 14.5. The van der Waals surface area contributed by atoms with Crippen LogP contribution in [0.3, 0.4) is 0 Å². The molecule has 31 heavy (non-hydrogen) atoms. The molecule has 0 bridgehead atoms. The zero-order chi connectivity index (χ0) is 22.9. The van der Waals surface area contributed by atoms with Crippen LogP contribution in [0.1, 0.15) is 65.4 Å². The van der Waals surface area contributed by atoms with Crippen molar-refractivity contribution >= 4 is 23.4 Å². The summed E-state index contributed by atoms with van der Waals surface area (Å²) >= 11 is 6.05. The van der Waals surface area contributed by atoms with E-state index in [1.165, 1.54) is 5.56 Å². The summed E-state index contributed by atoms with van der Waals surface area (Å²) in [5, 5.41) is 13.7. The molecular formula is C25H37ClN2O3. The van der Waals surface area contributed by atoms with Crippen LogP contribution in [0.15, 0.2) is 24.3 Å². The summed E-state index contributed by atoms with van der Waals surface area (Å²) in [5.74, 6) is 0.144. The molecule has 172 valence electrons. The number of carbonyl (C=O) groups excluding carboxylic acids is 2. The van der Waals surface area contributed by atoms with E-state index in [1.807, 2.05) is 37.8 Å². The van der Waals surface area contributed by atoms with Crippen LogP contribution in [-0.4, -0.2) is 47.1 Å². The Balaban J connectivity index is 1.67. The molecule has 2 N–H and O–H groups in total. The van der Waals surface area contributed by atoms with Crippen molar-refractivity contribution in [3.05, 3.63) is 34.9 Å². The fourth-order valence-corrected chi connectivity index (χ4v) is 5.41. The Morgan fingerprint density at radius 1 is 1.19 bits per heavy atom. The highest BCUT2D eigenvalue weighted by Crippen LogP contribution is 2.42. The second-order valence-electron chi connectivity index (χ2n) is 10.6. The second-order valence-corrected chi connectivity index (χ2v) is 11.0. The third-order valence-corrected chi connectivity index (χ3v) is 7.51. The predicted molar refractivity (Wildman–Crippen MR) is 124 cm³/mol. The summed E-state index contributed by atoms with van der Waals surface area (Å²) in [6.45, 7) is 11.6. The summed E-state index contributed by atoms with van der Waals surface area (Å²) in [6.07, 6.45) is 1.60. The first-order valence-electron chi connectivity index (χ1n) is 11.5. The minimum absolute atomic E-state index is 0.00225. The van der Waals surface area contributed by atoms with Gasteiger partial charge in [-0.3, -0.25) is 9.59 Å². The summed E-state index contributed by atoms with van der Waals surface area (Å²) in [6, 6.07) is 7.48. The van der Waals surface area contributed by atoms with Crippen molar-refractivity contribution in [3.8, 4) is 0 Å². The van der Waals surface area contributed by atoms with Gasteiger partial charge in [-0.15, -0.1) is 0 Å². The molecule has 5 nitrogen and oxygen atoms in total. The topological polar surface area (TPSA) is 69.6 Å². The number of rotatable bonds is 5. The third-order valence-electron chi connectivity index (χ3n) is 7.25. The van der Waals surface area contributed by atoms with Crippen LogP contribution >= 0.6 is 11.6 Å². The van der Waals surface area contributed by atoms with Gasteiger partial charge in [-0.05, 0) is 60.1 Å². The minimum atomic E-state index is -0.538. The molecule has 1 unspecified atom stereocenters. The predicted octanol–water partition coefficient (Wildman–Crippen LogP) is 4.23. The molecule has 1 aromatic carbocycles. The van der Waals surface area contributed by atoms with Crippen LogP contribution in [0, 0.1) is 23.2 Å². The Kier molecular flexibility index (Phi) is 7.37. The minimum Gasteiger partial charge on any atom is -0.393 e. The van der Waals surface area contributed by atoms with Crippen LogP contribution in [0.25, 0.3) is 0 Å². The molecule has 1 aliphatic carbocycles. The van der Waals surface area contributed by atoms with Crippen molar-refractivity contribution in [3.63, 3.8) is 0 Å². The number of aliphatic hydroxyl groups excluding tert-OH is 1. The average Bonchev–Trinajstić information content (AvgIpc) is 3.04. The maximum atomic E-state index is 13.4. The fourth-order valence-electron chi connectivity index (χ4n) is 5.28. The van der Waals surface area contributed by atoms with E-state index >= 15 is 0 Å². The van der Waals surface area contributed by atoms with Gasteiger partial charge in [0, 0.05) is 24.0 Å². The Morgan fingerprint density at radius 2 is 1.84 bits per heavy atom. The number of halogens is 1. The number of likely N-dealkylation sites (tertiary alicyclic amines) is 1. The Bertz CT molecular complexity index is 782. The van der Waals surface area contributed by atoms with E-state index < -0.39 is 12.1 Å². The lowest BCUT2D eigenvalue weighted by molar-refractivity contribution is -0.141. The second kappa shape index (κ2) is 9.50. The largest absolute Gasteiger partial charge is 0.393 e. The van der Waals surface area contributed by atoms with Crippen molar-refractivity contribution in [1.29, 1.82) is 0 Å². The van der Waals surface area contributed by atoms with Gasteiger partial charge < -0.3 is 15.3 Å². The fraction of sp³-hybridized carbons (Fsp3) is 0.680. The van der Waals surface area contributed by atoms with Gasteiger partial charge in [0.1, 0.15) is 6.04 Å². The number of nitrogens with one attached hydrogen (secondary N) is 1. The van der Waals surface area contributed by atoms with Gasteiger partial charge in [0.2, 0.25) is 11.8 Å². The number of piperidine rings is 1. The van der Waals surface area contributed by atoms with Crippen molar-refractivity contribution in [2.45, 2.75) is 71.9 Å². The molecule has 1 aliphatic heterocycles. The number of nitrogens with zero attached hydrogens (tertiary/aromatic N) is 1. The summed E-state index contributed by atoms with van der Waals surface area (Å²) in [7, 11) is 0. The van der Waals surface area contributed by atoms with E-state index in [0.717, 1.165) is 11.4 Å². The Hall–Kier alpha value is -1.59. The number of amides is 2. The first kappa shape index (κ1) is 24.1. The molecular weight excluding hydrogens is 412 g/mol. The number of hydrogen-bond acceptors (Lipinski definition) is 3. The molecule has 2 aliphatic rings. The molecule has 2 amide bonds. The van der Waals surface area contributed by atoms with E-state index in [2.05, 4.69) is 31.3 Å². The van der Waals surface area contributed by atoms with Gasteiger partial charge in [0.15, 0.2) is 0 Å². The maximum Gasteiger partial charge on any atom is 0.245 e. The lowest BCUT2D eigenvalue weighted by atomic mass is 9.70. The zero-order valence-corrected chi connectivity index (χ0v) is 20.2. The zero-order valence-electron chi connectivity index (χ0n) is 19.4. The van der Waals surface area contributed by atoms with E-state index in [1.54, 1.807) is 0 Å².